The van der Waals surface area contributed by atoms with E-state index < -0.39 is 6.10 Å². The van der Waals surface area contributed by atoms with Crippen LogP contribution in [0, 0.1) is 0 Å². The Hall–Kier alpha value is -0.940. The van der Waals surface area contributed by atoms with E-state index in [1.54, 1.807) is 0 Å². The Morgan fingerprint density at radius 2 is 2.24 bits per heavy atom. The van der Waals surface area contributed by atoms with Gasteiger partial charge in [-0.3, -0.25) is 0 Å². The molecule has 0 saturated carbocycles. The van der Waals surface area contributed by atoms with Crippen LogP contribution in [0.1, 0.15) is 11.7 Å². The van der Waals surface area contributed by atoms with Crippen molar-refractivity contribution in [3.05, 3.63) is 35.9 Å². The fourth-order valence-electron chi connectivity index (χ4n) is 1.81. The van der Waals surface area contributed by atoms with E-state index in [0.29, 0.717) is 13.2 Å². The first kappa shape index (κ1) is 12.5. The third-order valence-electron chi connectivity index (χ3n) is 2.77. The third kappa shape index (κ3) is 4.09. The van der Waals surface area contributed by atoms with Gasteiger partial charge in [0.1, 0.15) is 6.10 Å². The Morgan fingerprint density at radius 3 is 2.94 bits per heavy atom. The zero-order chi connectivity index (χ0) is 11.9. The normalized spacial score (nSPS) is 22.3. The van der Waals surface area contributed by atoms with Crippen molar-refractivity contribution in [2.45, 2.75) is 12.2 Å². The minimum atomic E-state index is -0.562. The lowest BCUT2D eigenvalue weighted by Gasteiger charge is -2.23. The highest BCUT2D eigenvalue weighted by Gasteiger charge is 2.14. The second kappa shape index (κ2) is 6.71. The van der Waals surface area contributed by atoms with Gasteiger partial charge in [-0.1, -0.05) is 30.3 Å². The lowest BCUT2D eigenvalue weighted by atomic mass is 10.1. The second-order valence-corrected chi connectivity index (χ2v) is 4.16. The Labute approximate surface area is 102 Å². The minimum Gasteiger partial charge on any atom is -0.386 e. The number of rotatable bonds is 5. The molecular weight excluding hydrogens is 218 g/mol. The van der Waals surface area contributed by atoms with Gasteiger partial charge < -0.3 is 19.9 Å². The van der Waals surface area contributed by atoms with E-state index in [-0.39, 0.29) is 6.10 Å². The summed E-state index contributed by atoms with van der Waals surface area (Å²) in [6.07, 6.45) is -0.459. The number of ether oxygens (including phenoxy) is 2. The molecule has 0 spiro atoms. The van der Waals surface area contributed by atoms with Gasteiger partial charge in [-0.2, -0.15) is 0 Å². The SMILES string of the molecule is O[C@H](COC[C@@H]1CNCCO1)c1ccccc1. The largest absolute Gasteiger partial charge is 0.386 e. The van der Waals surface area contributed by atoms with Gasteiger partial charge in [0.25, 0.3) is 0 Å². The number of morpholine rings is 1. The van der Waals surface area contributed by atoms with Crippen molar-refractivity contribution in [2.24, 2.45) is 0 Å². The summed E-state index contributed by atoms with van der Waals surface area (Å²) in [7, 11) is 0. The molecular formula is C13H19NO3. The zero-order valence-electron chi connectivity index (χ0n) is 9.84. The fraction of sp³-hybridized carbons (Fsp3) is 0.538. The van der Waals surface area contributed by atoms with Crippen LogP contribution in [0.5, 0.6) is 0 Å². The molecule has 94 valence electrons. The number of nitrogens with one attached hydrogen (secondary N) is 1. The molecule has 2 rings (SSSR count). The van der Waals surface area contributed by atoms with E-state index in [1.807, 2.05) is 30.3 Å². The van der Waals surface area contributed by atoms with Gasteiger partial charge in [0, 0.05) is 13.1 Å². The number of aliphatic hydroxyl groups excluding tert-OH is 1. The van der Waals surface area contributed by atoms with Gasteiger partial charge in [0.2, 0.25) is 0 Å². The van der Waals surface area contributed by atoms with E-state index in [9.17, 15) is 5.11 Å². The first-order valence-corrected chi connectivity index (χ1v) is 5.99. The van der Waals surface area contributed by atoms with E-state index in [0.717, 1.165) is 25.3 Å². The maximum atomic E-state index is 9.87. The molecule has 2 N–H and O–H groups in total. The highest BCUT2D eigenvalue weighted by Crippen LogP contribution is 2.12. The zero-order valence-corrected chi connectivity index (χ0v) is 9.84. The van der Waals surface area contributed by atoms with Gasteiger partial charge >= 0.3 is 0 Å². The lowest BCUT2D eigenvalue weighted by Crippen LogP contribution is -2.41. The summed E-state index contributed by atoms with van der Waals surface area (Å²) >= 11 is 0. The Morgan fingerprint density at radius 1 is 1.41 bits per heavy atom. The molecule has 1 aliphatic rings. The summed E-state index contributed by atoms with van der Waals surface area (Å²) in [5, 5.41) is 13.1. The molecule has 0 aliphatic carbocycles. The predicted molar refractivity (Wildman–Crippen MR) is 64.8 cm³/mol. The molecule has 4 nitrogen and oxygen atoms in total. The molecule has 0 unspecified atom stereocenters. The Bertz CT molecular complexity index is 312. The molecule has 17 heavy (non-hydrogen) atoms. The van der Waals surface area contributed by atoms with Gasteiger partial charge in [0.05, 0.1) is 25.9 Å². The summed E-state index contributed by atoms with van der Waals surface area (Å²) in [4.78, 5) is 0. The summed E-state index contributed by atoms with van der Waals surface area (Å²) in [5.41, 5.74) is 0.884. The number of hydrogen-bond acceptors (Lipinski definition) is 4. The number of aliphatic hydroxyl groups is 1. The first-order chi connectivity index (χ1) is 8.36. The quantitative estimate of drug-likeness (QED) is 0.792. The molecule has 0 radical (unpaired) electrons. The van der Waals surface area contributed by atoms with Crippen LogP contribution < -0.4 is 5.32 Å². The van der Waals surface area contributed by atoms with Crippen molar-refractivity contribution >= 4 is 0 Å². The summed E-state index contributed by atoms with van der Waals surface area (Å²) < 4.78 is 11.0. The maximum absolute atomic E-state index is 9.87. The molecule has 0 aromatic heterocycles. The van der Waals surface area contributed by atoms with Crippen molar-refractivity contribution < 1.29 is 14.6 Å². The summed E-state index contributed by atoms with van der Waals surface area (Å²) in [6.45, 7) is 3.29. The molecule has 1 heterocycles. The molecule has 2 atom stereocenters. The molecule has 1 aliphatic heterocycles. The van der Waals surface area contributed by atoms with Crippen LogP contribution in [0.3, 0.4) is 0 Å². The smallest absolute Gasteiger partial charge is 0.102 e. The van der Waals surface area contributed by atoms with E-state index in [2.05, 4.69) is 5.32 Å². The van der Waals surface area contributed by atoms with Crippen molar-refractivity contribution in [2.75, 3.05) is 32.9 Å². The maximum Gasteiger partial charge on any atom is 0.102 e. The average Bonchev–Trinajstić information content (AvgIpc) is 2.41. The standard InChI is InChI=1S/C13H19NO3/c15-13(11-4-2-1-3-5-11)10-16-9-12-8-14-6-7-17-12/h1-5,12-15H,6-10H2/t12-,13+/m0/s1. The molecule has 1 fully saturated rings. The number of hydrogen-bond donors (Lipinski definition) is 2. The van der Waals surface area contributed by atoms with Crippen LogP contribution in [0.15, 0.2) is 30.3 Å². The van der Waals surface area contributed by atoms with Gasteiger partial charge in [-0.05, 0) is 5.56 Å². The highest BCUT2D eigenvalue weighted by molar-refractivity contribution is 5.17. The van der Waals surface area contributed by atoms with Gasteiger partial charge in [0.15, 0.2) is 0 Å². The van der Waals surface area contributed by atoms with Crippen LogP contribution in [0.2, 0.25) is 0 Å². The van der Waals surface area contributed by atoms with Crippen LogP contribution in [0.4, 0.5) is 0 Å². The van der Waals surface area contributed by atoms with Crippen LogP contribution >= 0.6 is 0 Å². The van der Waals surface area contributed by atoms with E-state index in [4.69, 9.17) is 9.47 Å². The molecule has 0 bridgehead atoms. The first-order valence-electron chi connectivity index (χ1n) is 5.99. The minimum absolute atomic E-state index is 0.103. The number of benzene rings is 1. The van der Waals surface area contributed by atoms with Crippen LogP contribution in [-0.2, 0) is 9.47 Å². The van der Waals surface area contributed by atoms with Crippen LogP contribution in [-0.4, -0.2) is 44.1 Å². The van der Waals surface area contributed by atoms with Crippen molar-refractivity contribution in [3.8, 4) is 0 Å². The van der Waals surface area contributed by atoms with E-state index >= 15 is 0 Å². The summed E-state index contributed by atoms with van der Waals surface area (Å²) in [6, 6.07) is 9.54. The van der Waals surface area contributed by atoms with Crippen molar-refractivity contribution in [1.82, 2.24) is 5.32 Å². The molecule has 1 aromatic carbocycles. The monoisotopic (exact) mass is 237 g/mol. The second-order valence-electron chi connectivity index (χ2n) is 4.16. The highest BCUT2D eigenvalue weighted by atomic mass is 16.5. The van der Waals surface area contributed by atoms with Crippen molar-refractivity contribution in [1.29, 1.82) is 0 Å². The molecule has 1 aromatic rings. The average molecular weight is 237 g/mol. The van der Waals surface area contributed by atoms with Crippen LogP contribution in [0.25, 0.3) is 0 Å². The van der Waals surface area contributed by atoms with Gasteiger partial charge in [-0.15, -0.1) is 0 Å². The Balaban J connectivity index is 1.67. The fourth-order valence-corrected chi connectivity index (χ4v) is 1.81. The van der Waals surface area contributed by atoms with Gasteiger partial charge in [-0.25, -0.2) is 0 Å². The summed E-state index contributed by atoms with van der Waals surface area (Å²) in [5.74, 6) is 0. The van der Waals surface area contributed by atoms with Crippen molar-refractivity contribution in [3.63, 3.8) is 0 Å². The lowest BCUT2D eigenvalue weighted by molar-refractivity contribution is -0.0501. The molecule has 0 amide bonds. The Kier molecular flexibility index (Phi) is 4.94. The predicted octanol–water partition coefficient (Wildman–Crippen LogP) is 0.725. The third-order valence-corrected chi connectivity index (χ3v) is 2.77. The topological polar surface area (TPSA) is 50.7 Å². The molecule has 4 heteroatoms. The molecule has 1 saturated heterocycles. The van der Waals surface area contributed by atoms with E-state index in [1.165, 1.54) is 0 Å².